The number of carboxylic acid groups (broad SMARTS) is 1. The Balaban J connectivity index is 1.89. The predicted octanol–water partition coefficient (Wildman–Crippen LogP) is 2.55. The van der Waals surface area contributed by atoms with Crippen LogP contribution in [0.3, 0.4) is 0 Å². The molecule has 1 aliphatic carbocycles. The van der Waals surface area contributed by atoms with E-state index in [1.165, 1.54) is 11.3 Å². The number of nitrogens with one attached hydrogen (secondary N) is 2. The minimum absolute atomic E-state index is 0.159. The van der Waals surface area contributed by atoms with Gasteiger partial charge in [-0.25, -0.2) is 9.78 Å². The fraction of sp³-hybridized carbons (Fsp3) is 0.615. The Morgan fingerprint density at radius 2 is 2.20 bits per heavy atom. The summed E-state index contributed by atoms with van der Waals surface area (Å²) in [5.41, 5.74) is -0.827. The number of aliphatic carboxylic acids is 1. The minimum Gasteiger partial charge on any atom is -0.481 e. The number of thiazole rings is 1. The molecule has 1 aromatic rings. The van der Waals surface area contributed by atoms with Crippen LogP contribution in [0.2, 0.25) is 0 Å². The van der Waals surface area contributed by atoms with Crippen molar-refractivity contribution in [3.8, 4) is 0 Å². The number of hydrogen-bond donors (Lipinski definition) is 3. The number of carboxylic acids is 1. The second kappa shape index (κ2) is 6.21. The summed E-state index contributed by atoms with van der Waals surface area (Å²) in [5.74, 6) is -0.259. The number of urea groups is 1. The molecule has 1 saturated carbocycles. The second-order valence-corrected chi connectivity index (χ2v) is 6.31. The molecule has 3 N–H and O–H groups in total. The maximum Gasteiger partial charge on any atom is 0.321 e. The van der Waals surface area contributed by atoms with Crippen LogP contribution in [-0.4, -0.2) is 28.6 Å². The third-order valence-electron chi connectivity index (χ3n) is 3.93. The minimum atomic E-state index is -0.827. The summed E-state index contributed by atoms with van der Waals surface area (Å²) in [5, 5.41) is 17.0. The van der Waals surface area contributed by atoms with Gasteiger partial charge in [-0.3, -0.25) is 10.1 Å². The zero-order chi connectivity index (χ0) is 14.6. The van der Waals surface area contributed by atoms with Crippen LogP contribution in [0.15, 0.2) is 11.6 Å². The van der Waals surface area contributed by atoms with Crippen molar-refractivity contribution in [3.05, 3.63) is 11.6 Å². The molecule has 0 aromatic carbocycles. The van der Waals surface area contributed by atoms with Gasteiger partial charge in [0.05, 0.1) is 5.41 Å². The lowest BCUT2D eigenvalue weighted by molar-refractivity contribution is -0.151. The number of rotatable bonds is 4. The molecule has 7 heteroatoms. The largest absolute Gasteiger partial charge is 0.481 e. The molecule has 2 amide bonds. The Kier molecular flexibility index (Phi) is 4.59. The van der Waals surface area contributed by atoms with E-state index < -0.39 is 17.4 Å². The van der Waals surface area contributed by atoms with Crippen molar-refractivity contribution in [1.29, 1.82) is 0 Å². The number of amides is 2. The Labute approximate surface area is 121 Å². The lowest BCUT2D eigenvalue weighted by Gasteiger charge is -2.35. The molecule has 1 fully saturated rings. The zero-order valence-electron chi connectivity index (χ0n) is 11.4. The first-order chi connectivity index (χ1) is 9.52. The van der Waals surface area contributed by atoms with E-state index in [1.54, 1.807) is 11.6 Å². The molecule has 1 aromatic heterocycles. The van der Waals surface area contributed by atoms with E-state index in [2.05, 4.69) is 22.5 Å². The fourth-order valence-corrected chi connectivity index (χ4v) is 2.98. The van der Waals surface area contributed by atoms with E-state index in [0.717, 1.165) is 12.8 Å². The fourth-order valence-electron chi connectivity index (χ4n) is 2.46. The van der Waals surface area contributed by atoms with Gasteiger partial charge in [0, 0.05) is 18.1 Å². The molecule has 6 nitrogen and oxygen atoms in total. The van der Waals surface area contributed by atoms with Crippen LogP contribution in [0, 0.1) is 11.3 Å². The van der Waals surface area contributed by atoms with Crippen LogP contribution >= 0.6 is 11.3 Å². The molecule has 0 saturated heterocycles. The molecule has 0 atom stereocenters. The van der Waals surface area contributed by atoms with Crippen molar-refractivity contribution in [2.24, 2.45) is 11.3 Å². The third kappa shape index (κ3) is 3.47. The van der Waals surface area contributed by atoms with E-state index in [-0.39, 0.29) is 6.54 Å². The third-order valence-corrected chi connectivity index (χ3v) is 4.61. The van der Waals surface area contributed by atoms with Gasteiger partial charge in [-0.05, 0) is 31.6 Å². The Bertz CT molecular complexity index is 467. The van der Waals surface area contributed by atoms with Crippen molar-refractivity contribution in [3.63, 3.8) is 0 Å². The van der Waals surface area contributed by atoms with Gasteiger partial charge in [-0.2, -0.15) is 0 Å². The molecule has 2 rings (SSSR count). The summed E-state index contributed by atoms with van der Waals surface area (Å²) < 4.78 is 0. The molecule has 0 spiro atoms. The van der Waals surface area contributed by atoms with Gasteiger partial charge in [0.15, 0.2) is 5.13 Å². The van der Waals surface area contributed by atoms with Gasteiger partial charge in [0.1, 0.15) is 0 Å². The van der Waals surface area contributed by atoms with Crippen molar-refractivity contribution in [2.75, 3.05) is 11.9 Å². The van der Waals surface area contributed by atoms with E-state index in [1.807, 2.05) is 0 Å². The van der Waals surface area contributed by atoms with Crippen LogP contribution < -0.4 is 10.6 Å². The SMILES string of the molecule is CC1CCC(CNC(=O)Nc2nccs2)(C(=O)O)CC1. The lowest BCUT2D eigenvalue weighted by Crippen LogP contribution is -2.46. The summed E-state index contributed by atoms with van der Waals surface area (Å²) in [4.78, 5) is 27.2. The van der Waals surface area contributed by atoms with Crippen molar-refractivity contribution >= 4 is 28.5 Å². The molecule has 110 valence electrons. The summed E-state index contributed by atoms with van der Waals surface area (Å²) in [6.45, 7) is 2.29. The number of anilines is 1. The van der Waals surface area contributed by atoms with Crippen LogP contribution in [0.25, 0.3) is 0 Å². The quantitative estimate of drug-likeness (QED) is 0.796. The number of nitrogens with zero attached hydrogens (tertiary/aromatic N) is 1. The van der Waals surface area contributed by atoms with Crippen LogP contribution in [0.5, 0.6) is 0 Å². The van der Waals surface area contributed by atoms with Gasteiger partial charge in [0.25, 0.3) is 0 Å². The first kappa shape index (κ1) is 14.8. The molecular weight excluding hydrogens is 278 g/mol. The van der Waals surface area contributed by atoms with Crippen LogP contribution in [0.4, 0.5) is 9.93 Å². The maximum absolute atomic E-state index is 11.7. The number of carbonyl (C=O) groups excluding carboxylic acids is 1. The molecule has 0 aliphatic heterocycles. The highest BCUT2D eigenvalue weighted by atomic mass is 32.1. The van der Waals surface area contributed by atoms with Crippen LogP contribution in [-0.2, 0) is 4.79 Å². The topological polar surface area (TPSA) is 91.3 Å². The average Bonchev–Trinajstić information content (AvgIpc) is 2.91. The van der Waals surface area contributed by atoms with E-state index in [9.17, 15) is 14.7 Å². The highest BCUT2D eigenvalue weighted by molar-refractivity contribution is 7.13. The molecule has 0 unspecified atom stereocenters. The first-order valence-corrected chi connectivity index (χ1v) is 7.57. The van der Waals surface area contributed by atoms with Crippen molar-refractivity contribution < 1.29 is 14.7 Å². The highest BCUT2D eigenvalue weighted by Gasteiger charge is 2.41. The molecule has 20 heavy (non-hydrogen) atoms. The van der Waals surface area contributed by atoms with Gasteiger partial charge >= 0.3 is 12.0 Å². The second-order valence-electron chi connectivity index (χ2n) is 5.41. The number of hydrogen-bond acceptors (Lipinski definition) is 4. The van der Waals surface area contributed by atoms with Crippen molar-refractivity contribution in [1.82, 2.24) is 10.3 Å². The summed E-state index contributed by atoms with van der Waals surface area (Å²) in [6.07, 6.45) is 4.60. The molecule has 1 aliphatic rings. The van der Waals surface area contributed by atoms with Gasteiger partial charge in [0.2, 0.25) is 0 Å². The monoisotopic (exact) mass is 297 g/mol. The highest BCUT2D eigenvalue weighted by Crippen LogP contribution is 2.38. The smallest absolute Gasteiger partial charge is 0.321 e. The standard InChI is InChI=1S/C13H19N3O3S/c1-9-2-4-13(5-3-9,10(17)18)8-15-11(19)16-12-14-6-7-20-12/h6-7,9H,2-5,8H2,1H3,(H,17,18)(H2,14,15,16,19). The molecule has 0 radical (unpaired) electrons. The Morgan fingerprint density at radius 3 is 2.75 bits per heavy atom. The summed E-state index contributed by atoms with van der Waals surface area (Å²) in [6, 6.07) is -0.404. The maximum atomic E-state index is 11.7. The average molecular weight is 297 g/mol. The lowest BCUT2D eigenvalue weighted by atomic mass is 9.71. The van der Waals surface area contributed by atoms with Crippen molar-refractivity contribution in [2.45, 2.75) is 32.6 Å². The number of aromatic nitrogens is 1. The summed E-state index contributed by atoms with van der Waals surface area (Å²) in [7, 11) is 0. The van der Waals surface area contributed by atoms with E-state index in [0.29, 0.717) is 23.9 Å². The van der Waals surface area contributed by atoms with E-state index >= 15 is 0 Å². The zero-order valence-corrected chi connectivity index (χ0v) is 12.2. The Morgan fingerprint density at radius 1 is 1.50 bits per heavy atom. The molecule has 1 heterocycles. The van der Waals surface area contributed by atoms with Gasteiger partial charge in [-0.15, -0.1) is 11.3 Å². The normalized spacial score (nSPS) is 25.9. The summed E-state index contributed by atoms with van der Waals surface area (Å²) >= 11 is 1.32. The van der Waals surface area contributed by atoms with Gasteiger partial charge in [-0.1, -0.05) is 6.92 Å². The van der Waals surface area contributed by atoms with Gasteiger partial charge < -0.3 is 10.4 Å². The number of carbonyl (C=O) groups is 2. The Hall–Kier alpha value is -1.63. The molecular formula is C13H19N3O3S. The molecule has 0 bridgehead atoms. The van der Waals surface area contributed by atoms with E-state index in [4.69, 9.17) is 0 Å². The first-order valence-electron chi connectivity index (χ1n) is 6.69. The van der Waals surface area contributed by atoms with Crippen LogP contribution in [0.1, 0.15) is 32.6 Å². The predicted molar refractivity (Wildman–Crippen MR) is 76.8 cm³/mol.